The molecule has 9 heteroatoms. The van der Waals surface area contributed by atoms with Gasteiger partial charge in [0.1, 0.15) is 30.6 Å². The molecule has 0 aliphatic heterocycles. The predicted molar refractivity (Wildman–Crippen MR) is 163 cm³/mol. The number of nitriles is 1. The Kier molecular flexibility index (Phi) is 10.2. The molecule has 6 nitrogen and oxygen atoms in total. The van der Waals surface area contributed by atoms with Crippen LogP contribution in [0.4, 0.5) is 5.69 Å². The van der Waals surface area contributed by atoms with Gasteiger partial charge >= 0.3 is 0 Å². The molecule has 0 unspecified atom stereocenters. The first-order valence-electron chi connectivity index (χ1n) is 12.4. The zero-order valence-electron chi connectivity index (χ0n) is 22.2. The van der Waals surface area contributed by atoms with E-state index in [1.165, 1.54) is 13.2 Å². The number of ether oxygens (including phenoxy) is 3. The van der Waals surface area contributed by atoms with Gasteiger partial charge in [-0.15, -0.1) is 0 Å². The second-order valence-electron chi connectivity index (χ2n) is 8.98. The van der Waals surface area contributed by atoms with E-state index in [9.17, 15) is 10.1 Å². The van der Waals surface area contributed by atoms with E-state index in [1.807, 2.05) is 37.3 Å². The van der Waals surface area contributed by atoms with Crippen molar-refractivity contribution in [3.63, 3.8) is 0 Å². The lowest BCUT2D eigenvalue weighted by Crippen LogP contribution is -2.13. The number of hydrogen-bond acceptors (Lipinski definition) is 5. The lowest BCUT2D eigenvalue weighted by Gasteiger charge is -2.14. The lowest BCUT2D eigenvalue weighted by atomic mass is 10.1. The van der Waals surface area contributed by atoms with Crippen molar-refractivity contribution in [1.29, 1.82) is 5.26 Å². The van der Waals surface area contributed by atoms with Crippen molar-refractivity contribution in [3.05, 3.63) is 122 Å². The van der Waals surface area contributed by atoms with Crippen molar-refractivity contribution in [2.24, 2.45) is 0 Å². The minimum atomic E-state index is -0.580. The highest BCUT2D eigenvalue weighted by Crippen LogP contribution is 2.37. The number of amides is 1. The molecule has 0 aliphatic carbocycles. The summed E-state index contributed by atoms with van der Waals surface area (Å²) in [6, 6.07) is 25.1. The maximum Gasteiger partial charge on any atom is 0.266 e. The first-order chi connectivity index (χ1) is 19.7. The van der Waals surface area contributed by atoms with Crippen LogP contribution in [0.5, 0.6) is 17.2 Å². The summed E-state index contributed by atoms with van der Waals surface area (Å²) < 4.78 is 17.2. The Morgan fingerprint density at radius 1 is 0.902 bits per heavy atom. The Labute approximate surface area is 253 Å². The number of benzene rings is 4. The number of nitrogens with zero attached hydrogens (tertiary/aromatic N) is 1. The molecule has 0 heterocycles. The van der Waals surface area contributed by atoms with Crippen molar-refractivity contribution in [2.75, 3.05) is 12.4 Å². The molecule has 41 heavy (non-hydrogen) atoms. The van der Waals surface area contributed by atoms with Crippen LogP contribution in [0.1, 0.15) is 22.3 Å². The summed E-state index contributed by atoms with van der Waals surface area (Å²) in [4.78, 5) is 12.9. The minimum absolute atomic E-state index is 0.117. The fourth-order valence-corrected chi connectivity index (χ4v) is 4.49. The number of anilines is 1. The van der Waals surface area contributed by atoms with Gasteiger partial charge in [0.25, 0.3) is 5.91 Å². The molecule has 0 atom stereocenters. The fourth-order valence-electron chi connectivity index (χ4n) is 3.75. The Morgan fingerprint density at radius 2 is 1.63 bits per heavy atom. The predicted octanol–water partition coefficient (Wildman–Crippen LogP) is 8.67. The summed E-state index contributed by atoms with van der Waals surface area (Å²) in [6.45, 7) is 2.57. The van der Waals surface area contributed by atoms with Crippen LogP contribution in [-0.2, 0) is 18.0 Å². The number of rotatable bonds is 10. The number of halogens is 3. The third kappa shape index (κ3) is 8.18. The average molecular weight is 608 g/mol. The Hall–Kier alpha value is -4.15. The molecule has 4 rings (SSSR count). The van der Waals surface area contributed by atoms with Crippen molar-refractivity contribution < 1.29 is 19.0 Å². The van der Waals surface area contributed by atoms with E-state index in [-0.39, 0.29) is 17.2 Å². The zero-order chi connectivity index (χ0) is 29.4. The summed E-state index contributed by atoms with van der Waals surface area (Å²) in [7, 11) is 1.49. The maximum atomic E-state index is 12.9. The molecule has 208 valence electrons. The van der Waals surface area contributed by atoms with Crippen molar-refractivity contribution in [2.45, 2.75) is 20.1 Å². The van der Waals surface area contributed by atoms with Crippen LogP contribution in [0.25, 0.3) is 6.08 Å². The number of hydrogen-bond donors (Lipinski definition) is 1. The SMILES string of the molecule is COc1cc(/C=C(\C#N)C(=O)Nc2ccc(OCc3ccc(Cl)cc3Cl)cc2)cc(Cl)c1OCc1ccc(C)cc1. The van der Waals surface area contributed by atoms with Gasteiger partial charge in [-0.3, -0.25) is 4.79 Å². The monoisotopic (exact) mass is 606 g/mol. The Balaban J connectivity index is 1.41. The fraction of sp³-hybridized carbons (Fsp3) is 0.125. The van der Waals surface area contributed by atoms with E-state index in [1.54, 1.807) is 54.6 Å². The Bertz CT molecular complexity index is 1610. The highest BCUT2D eigenvalue weighted by atomic mass is 35.5. The first-order valence-corrected chi connectivity index (χ1v) is 13.5. The van der Waals surface area contributed by atoms with Crippen molar-refractivity contribution in [3.8, 4) is 23.3 Å². The minimum Gasteiger partial charge on any atom is -0.493 e. The number of nitrogens with one attached hydrogen (secondary N) is 1. The van der Waals surface area contributed by atoms with Gasteiger partial charge in [0.15, 0.2) is 11.5 Å². The second-order valence-corrected chi connectivity index (χ2v) is 10.2. The summed E-state index contributed by atoms with van der Waals surface area (Å²) in [6.07, 6.45) is 1.43. The van der Waals surface area contributed by atoms with E-state index >= 15 is 0 Å². The van der Waals surface area contributed by atoms with Crippen LogP contribution < -0.4 is 19.5 Å². The summed E-state index contributed by atoms with van der Waals surface area (Å²) in [5.41, 5.74) is 3.80. The largest absolute Gasteiger partial charge is 0.493 e. The molecule has 0 saturated heterocycles. The second kappa shape index (κ2) is 14.0. The molecular weight excluding hydrogens is 583 g/mol. The van der Waals surface area contributed by atoms with E-state index in [0.717, 1.165) is 16.7 Å². The van der Waals surface area contributed by atoms with E-state index in [0.29, 0.717) is 45.2 Å². The maximum absolute atomic E-state index is 12.9. The van der Waals surface area contributed by atoms with Crippen LogP contribution in [0.15, 0.2) is 84.4 Å². The van der Waals surface area contributed by atoms with Gasteiger partial charge in [-0.2, -0.15) is 5.26 Å². The van der Waals surface area contributed by atoms with Crippen LogP contribution >= 0.6 is 34.8 Å². The molecule has 1 amide bonds. The van der Waals surface area contributed by atoms with Gasteiger partial charge < -0.3 is 19.5 Å². The number of methoxy groups -OCH3 is 1. The summed E-state index contributed by atoms with van der Waals surface area (Å²) >= 11 is 18.6. The first kappa shape index (κ1) is 29.8. The van der Waals surface area contributed by atoms with Gasteiger partial charge in [-0.1, -0.05) is 70.7 Å². The van der Waals surface area contributed by atoms with Crippen LogP contribution in [-0.4, -0.2) is 13.0 Å². The summed E-state index contributed by atoms with van der Waals surface area (Å²) in [5.74, 6) is 0.750. The van der Waals surface area contributed by atoms with E-state index in [2.05, 4.69) is 5.32 Å². The van der Waals surface area contributed by atoms with Gasteiger partial charge in [-0.05, 0) is 72.7 Å². The van der Waals surface area contributed by atoms with Gasteiger partial charge in [0.05, 0.1) is 12.1 Å². The van der Waals surface area contributed by atoms with Gasteiger partial charge in [0.2, 0.25) is 0 Å². The zero-order valence-corrected chi connectivity index (χ0v) is 24.5. The topological polar surface area (TPSA) is 80.6 Å². The average Bonchev–Trinajstić information content (AvgIpc) is 2.96. The van der Waals surface area contributed by atoms with E-state index < -0.39 is 5.91 Å². The van der Waals surface area contributed by atoms with Gasteiger partial charge in [-0.25, -0.2) is 0 Å². The quantitative estimate of drug-likeness (QED) is 0.144. The third-order valence-corrected chi connectivity index (χ3v) is 6.82. The molecule has 0 bridgehead atoms. The highest BCUT2D eigenvalue weighted by Gasteiger charge is 2.15. The van der Waals surface area contributed by atoms with Gasteiger partial charge in [0, 0.05) is 21.3 Å². The lowest BCUT2D eigenvalue weighted by molar-refractivity contribution is -0.112. The molecule has 1 N–H and O–H groups in total. The highest BCUT2D eigenvalue weighted by molar-refractivity contribution is 6.35. The summed E-state index contributed by atoms with van der Waals surface area (Å²) in [5, 5.41) is 13.7. The Morgan fingerprint density at radius 3 is 2.29 bits per heavy atom. The number of carbonyl (C=O) groups excluding carboxylic acids is 1. The molecular formula is C32H25Cl3N2O4. The molecule has 0 aromatic heterocycles. The van der Waals surface area contributed by atoms with Crippen molar-refractivity contribution >= 4 is 52.5 Å². The van der Waals surface area contributed by atoms with Crippen molar-refractivity contribution in [1.82, 2.24) is 0 Å². The third-order valence-electron chi connectivity index (χ3n) is 5.95. The molecule has 4 aromatic carbocycles. The molecule has 0 aliphatic rings. The van der Waals surface area contributed by atoms with Crippen LogP contribution in [0.2, 0.25) is 15.1 Å². The number of carbonyl (C=O) groups is 1. The molecule has 4 aromatic rings. The van der Waals surface area contributed by atoms with E-state index in [4.69, 9.17) is 49.0 Å². The molecule has 0 fully saturated rings. The molecule has 0 saturated carbocycles. The molecule has 0 spiro atoms. The van der Waals surface area contributed by atoms with Crippen LogP contribution in [0.3, 0.4) is 0 Å². The normalized spacial score (nSPS) is 11.0. The number of aryl methyl sites for hydroxylation is 1. The molecule has 0 radical (unpaired) electrons. The van der Waals surface area contributed by atoms with Crippen LogP contribution in [0, 0.1) is 18.3 Å². The smallest absolute Gasteiger partial charge is 0.266 e. The standard InChI is InChI=1S/C32H25Cl3N2O4/c1-20-3-5-21(6-4-20)18-41-31-29(35)14-22(15-30(31)39-2)13-24(17-36)32(38)37-26-9-11-27(12-10-26)40-19-23-7-8-25(33)16-28(23)34/h3-16H,18-19H2,1-2H3,(H,37,38)/b24-13+.